The minimum absolute atomic E-state index is 0.193. The molecular formula is C14H16N2. The number of nitrogens with one attached hydrogen (secondary N) is 1. The van der Waals surface area contributed by atoms with E-state index >= 15 is 0 Å². The predicted octanol–water partition coefficient (Wildman–Crippen LogP) is 2.35. The topological polar surface area (TPSA) is 35.8 Å². The Morgan fingerprint density at radius 3 is 2.94 bits per heavy atom. The second kappa shape index (κ2) is 3.92. The van der Waals surface area contributed by atoms with Crippen LogP contribution in [-0.2, 0) is 12.8 Å². The van der Waals surface area contributed by atoms with Crippen molar-refractivity contribution in [1.29, 1.82) is 5.26 Å². The van der Waals surface area contributed by atoms with Crippen molar-refractivity contribution in [2.75, 3.05) is 6.54 Å². The van der Waals surface area contributed by atoms with Crippen molar-refractivity contribution in [3.63, 3.8) is 0 Å². The van der Waals surface area contributed by atoms with Gasteiger partial charge in [0.25, 0.3) is 0 Å². The van der Waals surface area contributed by atoms with Crippen LogP contribution >= 0.6 is 0 Å². The van der Waals surface area contributed by atoms with Crippen molar-refractivity contribution in [2.45, 2.75) is 31.7 Å². The Morgan fingerprint density at radius 1 is 1.25 bits per heavy atom. The Kier molecular flexibility index (Phi) is 2.41. The van der Waals surface area contributed by atoms with E-state index in [1.807, 2.05) is 0 Å². The summed E-state index contributed by atoms with van der Waals surface area (Å²) in [5.41, 5.74) is 4.43. The Balaban J connectivity index is 1.83. The highest BCUT2D eigenvalue weighted by Crippen LogP contribution is 2.30. The third kappa shape index (κ3) is 1.62. The molecule has 1 aliphatic heterocycles. The molecule has 82 valence electrons. The molecule has 0 amide bonds. The van der Waals surface area contributed by atoms with Crippen molar-refractivity contribution in [3.8, 4) is 6.07 Å². The smallest absolute Gasteiger partial charge is 0.0669 e. The number of rotatable bonds is 1. The highest BCUT2D eigenvalue weighted by molar-refractivity contribution is 5.37. The average Bonchev–Trinajstić information content (AvgIpc) is 2.96. The van der Waals surface area contributed by atoms with Gasteiger partial charge in [-0.2, -0.15) is 5.26 Å². The average molecular weight is 212 g/mol. The number of nitriles is 1. The first-order valence-electron chi connectivity index (χ1n) is 6.11. The van der Waals surface area contributed by atoms with E-state index in [9.17, 15) is 0 Å². The zero-order valence-corrected chi connectivity index (χ0v) is 9.37. The largest absolute Gasteiger partial charge is 0.309 e. The predicted molar refractivity (Wildman–Crippen MR) is 62.9 cm³/mol. The van der Waals surface area contributed by atoms with E-state index < -0.39 is 0 Å². The van der Waals surface area contributed by atoms with Crippen LogP contribution in [0.1, 0.15) is 35.6 Å². The minimum atomic E-state index is 0.193. The molecule has 2 atom stereocenters. The third-order valence-corrected chi connectivity index (χ3v) is 3.84. The zero-order chi connectivity index (χ0) is 11.0. The summed E-state index contributed by atoms with van der Waals surface area (Å²) in [6.45, 7) is 0.845. The van der Waals surface area contributed by atoms with E-state index in [-0.39, 0.29) is 5.92 Å². The molecule has 0 radical (unpaired) electrons. The lowest BCUT2D eigenvalue weighted by atomic mass is 9.98. The van der Waals surface area contributed by atoms with E-state index in [2.05, 4.69) is 29.6 Å². The fraction of sp³-hybridized carbons (Fsp3) is 0.500. The summed E-state index contributed by atoms with van der Waals surface area (Å²) in [5.74, 6) is 0.193. The van der Waals surface area contributed by atoms with Crippen LogP contribution < -0.4 is 5.32 Å². The van der Waals surface area contributed by atoms with Crippen LogP contribution in [0.15, 0.2) is 18.2 Å². The minimum Gasteiger partial charge on any atom is -0.309 e. The first-order chi connectivity index (χ1) is 7.86. The normalized spacial score (nSPS) is 27.7. The van der Waals surface area contributed by atoms with Crippen molar-refractivity contribution in [3.05, 3.63) is 34.9 Å². The molecule has 3 rings (SSSR count). The summed E-state index contributed by atoms with van der Waals surface area (Å²) >= 11 is 0. The maximum absolute atomic E-state index is 8.90. The first-order valence-corrected chi connectivity index (χ1v) is 6.11. The van der Waals surface area contributed by atoms with Gasteiger partial charge in [0.1, 0.15) is 0 Å². The SMILES string of the molecule is N#CC1CNC(c2ccc3c(c2)CCC3)C1. The molecular weight excluding hydrogens is 196 g/mol. The van der Waals surface area contributed by atoms with E-state index in [0.29, 0.717) is 6.04 Å². The van der Waals surface area contributed by atoms with Crippen LogP contribution in [0.5, 0.6) is 0 Å². The Labute approximate surface area is 96.3 Å². The van der Waals surface area contributed by atoms with E-state index in [1.54, 1.807) is 0 Å². The second-order valence-electron chi connectivity index (χ2n) is 4.90. The molecule has 1 aromatic carbocycles. The summed E-state index contributed by atoms with van der Waals surface area (Å²) in [5, 5.41) is 12.3. The molecule has 1 saturated heterocycles. The number of benzene rings is 1. The van der Waals surface area contributed by atoms with E-state index in [1.165, 1.54) is 36.0 Å². The lowest BCUT2D eigenvalue weighted by Gasteiger charge is -2.12. The summed E-state index contributed by atoms with van der Waals surface area (Å²) in [4.78, 5) is 0. The van der Waals surface area contributed by atoms with Crippen LogP contribution in [0.3, 0.4) is 0 Å². The highest BCUT2D eigenvalue weighted by Gasteiger charge is 2.25. The fourth-order valence-electron chi connectivity index (χ4n) is 2.90. The van der Waals surface area contributed by atoms with Gasteiger partial charge < -0.3 is 5.32 Å². The van der Waals surface area contributed by atoms with E-state index in [0.717, 1.165) is 13.0 Å². The van der Waals surface area contributed by atoms with Crippen molar-refractivity contribution < 1.29 is 0 Å². The maximum Gasteiger partial charge on any atom is 0.0669 e. The Hall–Kier alpha value is -1.33. The molecule has 0 spiro atoms. The standard InChI is InChI=1S/C14H16N2/c15-8-10-6-14(16-9-10)13-5-4-11-2-1-3-12(11)7-13/h4-5,7,10,14,16H,1-3,6,9H2. The molecule has 2 aliphatic rings. The summed E-state index contributed by atoms with van der Waals surface area (Å²) < 4.78 is 0. The van der Waals surface area contributed by atoms with Crippen LogP contribution in [0.25, 0.3) is 0 Å². The molecule has 1 heterocycles. The van der Waals surface area contributed by atoms with Crippen LogP contribution in [-0.4, -0.2) is 6.54 Å². The van der Waals surface area contributed by atoms with Crippen molar-refractivity contribution in [1.82, 2.24) is 5.32 Å². The van der Waals surface area contributed by atoms with Crippen LogP contribution in [0.4, 0.5) is 0 Å². The van der Waals surface area contributed by atoms with Gasteiger partial charge in [-0.3, -0.25) is 0 Å². The van der Waals surface area contributed by atoms with Gasteiger partial charge in [0.2, 0.25) is 0 Å². The van der Waals surface area contributed by atoms with Crippen LogP contribution in [0.2, 0.25) is 0 Å². The monoisotopic (exact) mass is 212 g/mol. The van der Waals surface area contributed by atoms with Gasteiger partial charge in [0.15, 0.2) is 0 Å². The van der Waals surface area contributed by atoms with Gasteiger partial charge in [-0.15, -0.1) is 0 Å². The van der Waals surface area contributed by atoms with Gasteiger partial charge in [0.05, 0.1) is 12.0 Å². The molecule has 2 heteroatoms. The molecule has 1 fully saturated rings. The van der Waals surface area contributed by atoms with Gasteiger partial charge in [-0.1, -0.05) is 18.2 Å². The van der Waals surface area contributed by atoms with Crippen molar-refractivity contribution in [2.24, 2.45) is 5.92 Å². The number of aryl methyl sites for hydroxylation is 2. The molecule has 1 aliphatic carbocycles. The maximum atomic E-state index is 8.90. The van der Waals surface area contributed by atoms with Crippen LogP contribution in [0, 0.1) is 17.2 Å². The molecule has 16 heavy (non-hydrogen) atoms. The molecule has 2 unspecified atom stereocenters. The highest BCUT2D eigenvalue weighted by atomic mass is 14.9. The summed E-state index contributed by atoms with van der Waals surface area (Å²) in [6.07, 6.45) is 4.75. The second-order valence-corrected chi connectivity index (χ2v) is 4.90. The van der Waals surface area contributed by atoms with Gasteiger partial charge in [-0.05, 0) is 42.4 Å². The Bertz CT molecular complexity index is 445. The van der Waals surface area contributed by atoms with Gasteiger partial charge >= 0.3 is 0 Å². The molecule has 0 bridgehead atoms. The number of hydrogen-bond acceptors (Lipinski definition) is 2. The quantitative estimate of drug-likeness (QED) is 0.775. The molecule has 1 N–H and O–H groups in total. The van der Waals surface area contributed by atoms with E-state index in [4.69, 9.17) is 5.26 Å². The van der Waals surface area contributed by atoms with Crippen molar-refractivity contribution >= 4 is 0 Å². The number of fused-ring (bicyclic) bond motifs is 1. The zero-order valence-electron chi connectivity index (χ0n) is 9.37. The number of hydrogen-bond donors (Lipinski definition) is 1. The van der Waals surface area contributed by atoms with Gasteiger partial charge in [-0.25, -0.2) is 0 Å². The molecule has 0 aromatic heterocycles. The molecule has 1 aromatic rings. The summed E-state index contributed by atoms with van der Waals surface area (Å²) in [7, 11) is 0. The summed E-state index contributed by atoms with van der Waals surface area (Å²) in [6, 6.07) is 9.61. The fourth-order valence-corrected chi connectivity index (χ4v) is 2.90. The molecule has 0 saturated carbocycles. The van der Waals surface area contributed by atoms with Gasteiger partial charge in [0, 0.05) is 12.6 Å². The first kappa shape index (κ1) is 9.86. The number of nitrogens with zero attached hydrogens (tertiary/aromatic N) is 1. The molecule has 2 nitrogen and oxygen atoms in total. The Morgan fingerprint density at radius 2 is 2.12 bits per heavy atom. The third-order valence-electron chi connectivity index (χ3n) is 3.84. The lowest BCUT2D eigenvalue weighted by molar-refractivity contribution is 0.638. The lowest BCUT2D eigenvalue weighted by Crippen LogP contribution is -2.13.